The van der Waals surface area contributed by atoms with Crippen LogP contribution in [0.4, 0.5) is 0 Å². The summed E-state index contributed by atoms with van der Waals surface area (Å²) < 4.78 is 0. The first kappa shape index (κ1) is 13.1. The summed E-state index contributed by atoms with van der Waals surface area (Å²) in [7, 11) is 0. The van der Waals surface area contributed by atoms with Crippen molar-refractivity contribution in [3.8, 4) is 0 Å². The monoisotopic (exact) mass is 198 g/mol. The van der Waals surface area contributed by atoms with Gasteiger partial charge < -0.3 is 0 Å². The number of hydrogen-bond donors (Lipinski definition) is 1. The molecule has 1 unspecified atom stereocenters. The van der Waals surface area contributed by atoms with E-state index in [4.69, 9.17) is 0 Å². The van der Waals surface area contributed by atoms with E-state index in [1.165, 1.54) is 0 Å². The predicted octanol–water partition coefficient (Wildman–Crippen LogP) is 2.71. The van der Waals surface area contributed by atoms with Gasteiger partial charge in [-0.1, -0.05) is 26.7 Å². The minimum Gasteiger partial charge on any atom is -0.273 e. The van der Waals surface area contributed by atoms with Crippen LogP contribution in [0.15, 0.2) is 5.10 Å². The molecule has 1 amide bonds. The molecule has 0 spiro atoms. The summed E-state index contributed by atoms with van der Waals surface area (Å²) in [4.78, 5) is 11.6. The van der Waals surface area contributed by atoms with Crippen LogP contribution in [0.1, 0.15) is 53.4 Å². The van der Waals surface area contributed by atoms with E-state index in [9.17, 15) is 4.79 Å². The number of unbranched alkanes of at least 4 members (excludes halogenated alkanes) is 1. The Bertz CT molecular complexity index is 195. The third-order valence-corrected chi connectivity index (χ3v) is 2.16. The zero-order chi connectivity index (χ0) is 11.0. The molecule has 0 aliphatic heterocycles. The molecule has 0 aliphatic rings. The first-order valence-corrected chi connectivity index (χ1v) is 5.42. The van der Waals surface area contributed by atoms with Crippen LogP contribution in [0.25, 0.3) is 0 Å². The number of hydrazone groups is 1. The van der Waals surface area contributed by atoms with Crippen LogP contribution < -0.4 is 5.43 Å². The fraction of sp³-hybridized carbons (Fsp3) is 0.818. The molecule has 1 atom stereocenters. The van der Waals surface area contributed by atoms with Crippen LogP contribution in [0.5, 0.6) is 0 Å². The number of nitrogens with one attached hydrogen (secondary N) is 1. The molecule has 0 rings (SSSR count). The normalized spacial score (nSPS) is 12.0. The first-order valence-electron chi connectivity index (χ1n) is 5.42. The third-order valence-electron chi connectivity index (χ3n) is 2.16. The molecule has 0 heterocycles. The Hall–Kier alpha value is -0.860. The molecule has 0 bridgehead atoms. The molecule has 82 valence electrons. The van der Waals surface area contributed by atoms with E-state index in [-0.39, 0.29) is 11.8 Å². The van der Waals surface area contributed by atoms with Crippen LogP contribution in [-0.4, -0.2) is 11.6 Å². The van der Waals surface area contributed by atoms with Gasteiger partial charge in [0.05, 0.1) is 0 Å². The highest BCUT2D eigenvalue weighted by Gasteiger charge is 2.14. The van der Waals surface area contributed by atoms with Crippen LogP contribution in [0, 0.1) is 5.92 Å². The van der Waals surface area contributed by atoms with Gasteiger partial charge in [-0.05, 0) is 26.7 Å². The second kappa shape index (κ2) is 7.54. The number of rotatable bonds is 6. The van der Waals surface area contributed by atoms with Crippen molar-refractivity contribution in [2.75, 3.05) is 0 Å². The Morgan fingerprint density at radius 3 is 2.43 bits per heavy atom. The van der Waals surface area contributed by atoms with Gasteiger partial charge in [0.25, 0.3) is 0 Å². The van der Waals surface area contributed by atoms with Crippen molar-refractivity contribution in [1.29, 1.82) is 0 Å². The van der Waals surface area contributed by atoms with Gasteiger partial charge in [0.15, 0.2) is 0 Å². The number of carbonyl (C=O) groups excluding carboxylic acids is 1. The number of nitrogens with zero attached hydrogens (tertiary/aromatic N) is 1. The lowest BCUT2D eigenvalue weighted by Gasteiger charge is -2.11. The lowest BCUT2D eigenvalue weighted by atomic mass is 9.99. The highest BCUT2D eigenvalue weighted by Crippen LogP contribution is 2.12. The van der Waals surface area contributed by atoms with Crippen LogP contribution in [0.3, 0.4) is 0 Å². The van der Waals surface area contributed by atoms with Crippen molar-refractivity contribution in [3.05, 3.63) is 0 Å². The molecule has 0 saturated heterocycles. The highest BCUT2D eigenvalue weighted by atomic mass is 16.2. The lowest BCUT2D eigenvalue weighted by molar-refractivity contribution is -0.125. The molecule has 0 aromatic heterocycles. The zero-order valence-corrected chi connectivity index (χ0v) is 9.76. The topological polar surface area (TPSA) is 41.5 Å². The van der Waals surface area contributed by atoms with Crippen molar-refractivity contribution in [3.63, 3.8) is 0 Å². The van der Waals surface area contributed by atoms with Gasteiger partial charge in [0.2, 0.25) is 5.91 Å². The maximum absolute atomic E-state index is 11.6. The molecule has 0 fully saturated rings. The van der Waals surface area contributed by atoms with E-state index in [1.54, 1.807) is 0 Å². The average Bonchev–Trinajstić information content (AvgIpc) is 2.16. The zero-order valence-electron chi connectivity index (χ0n) is 9.76. The van der Waals surface area contributed by atoms with Crippen molar-refractivity contribution >= 4 is 11.6 Å². The molecule has 0 saturated carbocycles. The van der Waals surface area contributed by atoms with Crippen molar-refractivity contribution < 1.29 is 4.79 Å². The maximum atomic E-state index is 11.6. The fourth-order valence-electron chi connectivity index (χ4n) is 1.23. The van der Waals surface area contributed by atoms with Crippen molar-refractivity contribution in [2.45, 2.75) is 53.4 Å². The van der Waals surface area contributed by atoms with E-state index < -0.39 is 0 Å². The summed E-state index contributed by atoms with van der Waals surface area (Å²) in [6.07, 6.45) is 4.11. The molecule has 14 heavy (non-hydrogen) atoms. The predicted molar refractivity (Wildman–Crippen MR) is 60.2 cm³/mol. The highest BCUT2D eigenvalue weighted by molar-refractivity contribution is 5.83. The van der Waals surface area contributed by atoms with E-state index >= 15 is 0 Å². The maximum Gasteiger partial charge on any atom is 0.243 e. The first-order chi connectivity index (χ1) is 6.61. The molecule has 0 radical (unpaired) electrons. The Kier molecular flexibility index (Phi) is 7.07. The molecule has 0 aromatic carbocycles. The molecular formula is C11H22N2O. The molecular weight excluding hydrogens is 176 g/mol. The number of amides is 1. The summed E-state index contributed by atoms with van der Waals surface area (Å²) in [6, 6.07) is 0. The van der Waals surface area contributed by atoms with Crippen molar-refractivity contribution in [2.24, 2.45) is 11.0 Å². The molecule has 0 aliphatic carbocycles. The van der Waals surface area contributed by atoms with E-state index in [1.807, 2.05) is 20.8 Å². The Labute approximate surface area is 87.0 Å². The second-order valence-electron chi connectivity index (χ2n) is 3.78. The van der Waals surface area contributed by atoms with E-state index in [2.05, 4.69) is 17.5 Å². The summed E-state index contributed by atoms with van der Waals surface area (Å²) in [5.74, 6) is 0.181. The molecule has 3 heteroatoms. The number of hydrogen-bond acceptors (Lipinski definition) is 2. The molecule has 0 aromatic rings. The number of carbonyl (C=O) groups is 1. The third kappa shape index (κ3) is 5.73. The minimum absolute atomic E-state index is 0.0575. The van der Waals surface area contributed by atoms with Crippen molar-refractivity contribution in [1.82, 2.24) is 5.43 Å². The molecule has 1 N–H and O–H groups in total. The van der Waals surface area contributed by atoms with Crippen LogP contribution in [-0.2, 0) is 4.79 Å². The van der Waals surface area contributed by atoms with Gasteiger partial charge >= 0.3 is 0 Å². The Balaban J connectivity index is 3.97. The summed E-state index contributed by atoms with van der Waals surface area (Å²) in [5.41, 5.74) is 3.47. The van der Waals surface area contributed by atoms with Gasteiger partial charge in [-0.15, -0.1) is 0 Å². The summed E-state index contributed by atoms with van der Waals surface area (Å²) in [5, 5.41) is 3.92. The lowest BCUT2D eigenvalue weighted by Crippen LogP contribution is -2.27. The van der Waals surface area contributed by atoms with Gasteiger partial charge in [0, 0.05) is 11.6 Å². The fourth-order valence-corrected chi connectivity index (χ4v) is 1.23. The quantitative estimate of drug-likeness (QED) is 0.517. The van der Waals surface area contributed by atoms with E-state index in [0.717, 1.165) is 31.4 Å². The second-order valence-corrected chi connectivity index (χ2v) is 3.78. The largest absolute Gasteiger partial charge is 0.273 e. The van der Waals surface area contributed by atoms with Gasteiger partial charge in [-0.3, -0.25) is 4.79 Å². The van der Waals surface area contributed by atoms with Crippen LogP contribution >= 0.6 is 0 Å². The SMILES string of the molecule is CCCCC(CC)C(=O)NN=C(C)C. The minimum atomic E-state index is 0.0575. The Morgan fingerprint density at radius 2 is 2.00 bits per heavy atom. The van der Waals surface area contributed by atoms with Crippen LogP contribution in [0.2, 0.25) is 0 Å². The van der Waals surface area contributed by atoms with E-state index in [0.29, 0.717) is 0 Å². The smallest absolute Gasteiger partial charge is 0.243 e. The summed E-state index contributed by atoms with van der Waals surface area (Å²) in [6.45, 7) is 7.92. The average molecular weight is 198 g/mol. The molecule has 3 nitrogen and oxygen atoms in total. The van der Waals surface area contributed by atoms with Gasteiger partial charge in [-0.2, -0.15) is 5.10 Å². The van der Waals surface area contributed by atoms with Gasteiger partial charge in [0.1, 0.15) is 0 Å². The Morgan fingerprint density at radius 1 is 1.36 bits per heavy atom. The van der Waals surface area contributed by atoms with Gasteiger partial charge in [-0.25, -0.2) is 5.43 Å². The standard InChI is InChI=1S/C11H22N2O/c1-5-7-8-10(6-2)11(14)13-12-9(3)4/h10H,5-8H2,1-4H3,(H,13,14). The summed E-state index contributed by atoms with van der Waals surface area (Å²) >= 11 is 0.